The minimum Gasteiger partial charge on any atom is -0.481 e. The monoisotopic (exact) mass is 484 g/mol. The van der Waals surface area contributed by atoms with E-state index in [1.54, 1.807) is 6.92 Å². The molecule has 0 rings (SSSR count). The standard InChI is InChI=1S/C28H52O6/c1-4-7-9-11-13-15-17-19-21-33-27(31)24(6-3)25(23-26(29)30)28(32)34-22-20-18-16-14-12-10-8-5-2/h24-25H,4-23H2,1-3H3,(H,29,30). The highest BCUT2D eigenvalue weighted by atomic mass is 16.5. The van der Waals surface area contributed by atoms with Gasteiger partial charge in [-0.2, -0.15) is 0 Å². The fraction of sp³-hybridized carbons (Fsp3) is 0.893. The largest absolute Gasteiger partial charge is 0.481 e. The van der Waals surface area contributed by atoms with Crippen molar-refractivity contribution in [3.63, 3.8) is 0 Å². The number of hydrogen-bond donors (Lipinski definition) is 1. The summed E-state index contributed by atoms with van der Waals surface area (Å²) < 4.78 is 10.8. The van der Waals surface area contributed by atoms with Gasteiger partial charge in [0.05, 0.1) is 31.5 Å². The second kappa shape index (κ2) is 23.2. The van der Waals surface area contributed by atoms with E-state index in [0.29, 0.717) is 13.0 Å². The molecule has 2 unspecified atom stereocenters. The van der Waals surface area contributed by atoms with E-state index in [1.807, 2.05) is 0 Å². The molecule has 1 N–H and O–H groups in total. The van der Waals surface area contributed by atoms with Crippen LogP contribution in [0.1, 0.15) is 136 Å². The van der Waals surface area contributed by atoms with Crippen molar-refractivity contribution >= 4 is 17.9 Å². The van der Waals surface area contributed by atoms with Gasteiger partial charge >= 0.3 is 17.9 Å². The number of aliphatic carboxylic acids is 1. The maximum Gasteiger partial charge on any atom is 0.310 e. The van der Waals surface area contributed by atoms with Gasteiger partial charge in [-0.05, 0) is 19.3 Å². The molecule has 0 amide bonds. The molecule has 0 aliphatic rings. The first-order valence-corrected chi connectivity index (χ1v) is 14.0. The fourth-order valence-electron chi connectivity index (χ4n) is 4.22. The van der Waals surface area contributed by atoms with Gasteiger partial charge < -0.3 is 14.6 Å². The number of rotatable bonds is 24. The van der Waals surface area contributed by atoms with E-state index >= 15 is 0 Å². The molecule has 0 aromatic rings. The van der Waals surface area contributed by atoms with Gasteiger partial charge in [0.2, 0.25) is 0 Å². The number of carbonyl (C=O) groups is 3. The average Bonchev–Trinajstić information content (AvgIpc) is 2.81. The van der Waals surface area contributed by atoms with Crippen LogP contribution in [0.5, 0.6) is 0 Å². The molecule has 0 aliphatic heterocycles. The summed E-state index contributed by atoms with van der Waals surface area (Å²) >= 11 is 0. The van der Waals surface area contributed by atoms with Crippen molar-refractivity contribution in [1.82, 2.24) is 0 Å². The van der Waals surface area contributed by atoms with Crippen molar-refractivity contribution in [1.29, 1.82) is 0 Å². The van der Waals surface area contributed by atoms with Gasteiger partial charge in [0.25, 0.3) is 0 Å². The Labute approximate surface area is 208 Å². The van der Waals surface area contributed by atoms with Crippen LogP contribution in [0.2, 0.25) is 0 Å². The van der Waals surface area contributed by atoms with E-state index in [4.69, 9.17) is 9.47 Å². The van der Waals surface area contributed by atoms with Crippen molar-refractivity contribution in [2.75, 3.05) is 13.2 Å². The molecule has 0 radical (unpaired) electrons. The SMILES string of the molecule is CCCCCCCCCCOC(=O)C(CC)C(CC(=O)O)C(=O)OCCCCCCCCCC. The van der Waals surface area contributed by atoms with Crippen molar-refractivity contribution in [3.8, 4) is 0 Å². The lowest BCUT2D eigenvalue weighted by atomic mass is 9.87. The number of unbranched alkanes of at least 4 members (excludes halogenated alkanes) is 14. The molecule has 0 spiro atoms. The first-order valence-electron chi connectivity index (χ1n) is 14.0. The van der Waals surface area contributed by atoms with E-state index in [-0.39, 0.29) is 6.61 Å². The first kappa shape index (κ1) is 32.4. The summed E-state index contributed by atoms with van der Waals surface area (Å²) in [6, 6.07) is 0. The molecule has 0 fully saturated rings. The fourth-order valence-corrected chi connectivity index (χ4v) is 4.22. The second-order valence-corrected chi connectivity index (χ2v) is 9.50. The summed E-state index contributed by atoms with van der Waals surface area (Å²) in [6.07, 6.45) is 18.2. The lowest BCUT2D eigenvalue weighted by Gasteiger charge is -2.22. The smallest absolute Gasteiger partial charge is 0.310 e. The normalized spacial score (nSPS) is 12.8. The highest BCUT2D eigenvalue weighted by molar-refractivity contribution is 5.85. The Morgan fingerprint density at radius 2 is 0.912 bits per heavy atom. The molecule has 0 aromatic heterocycles. The zero-order valence-electron chi connectivity index (χ0n) is 22.3. The molecule has 2 atom stereocenters. The van der Waals surface area contributed by atoms with E-state index in [0.717, 1.165) is 38.5 Å². The third-order valence-electron chi connectivity index (χ3n) is 6.41. The predicted molar refractivity (Wildman–Crippen MR) is 137 cm³/mol. The highest BCUT2D eigenvalue weighted by Gasteiger charge is 2.36. The Balaban J connectivity index is 4.31. The quantitative estimate of drug-likeness (QED) is 0.113. The van der Waals surface area contributed by atoms with Gasteiger partial charge in [0.15, 0.2) is 0 Å². The molecule has 0 aliphatic carbocycles. The van der Waals surface area contributed by atoms with Crippen molar-refractivity contribution in [3.05, 3.63) is 0 Å². The number of carboxylic acids is 1. The first-order chi connectivity index (χ1) is 16.5. The maximum atomic E-state index is 12.6. The van der Waals surface area contributed by atoms with Crippen LogP contribution in [0, 0.1) is 11.8 Å². The van der Waals surface area contributed by atoms with E-state index in [9.17, 15) is 19.5 Å². The number of esters is 2. The molecule has 34 heavy (non-hydrogen) atoms. The second-order valence-electron chi connectivity index (χ2n) is 9.50. The van der Waals surface area contributed by atoms with Crippen LogP contribution in [0.4, 0.5) is 0 Å². The third kappa shape index (κ3) is 17.8. The number of hydrogen-bond acceptors (Lipinski definition) is 5. The molecular weight excluding hydrogens is 432 g/mol. The van der Waals surface area contributed by atoms with E-state index in [1.165, 1.54) is 64.2 Å². The van der Waals surface area contributed by atoms with Crippen LogP contribution in [0.25, 0.3) is 0 Å². The van der Waals surface area contributed by atoms with Crippen molar-refractivity contribution in [2.24, 2.45) is 11.8 Å². The molecule has 0 saturated heterocycles. The summed E-state index contributed by atoms with van der Waals surface area (Å²) in [5, 5.41) is 9.28. The van der Waals surface area contributed by atoms with Crippen LogP contribution in [0.3, 0.4) is 0 Å². The van der Waals surface area contributed by atoms with Gasteiger partial charge in [0, 0.05) is 0 Å². The third-order valence-corrected chi connectivity index (χ3v) is 6.41. The molecule has 200 valence electrons. The zero-order chi connectivity index (χ0) is 25.4. The Hall–Kier alpha value is -1.59. The minimum atomic E-state index is -1.11. The Bertz CT molecular complexity index is 519. The van der Waals surface area contributed by atoms with Gasteiger partial charge in [0.1, 0.15) is 0 Å². The number of carbonyl (C=O) groups excluding carboxylic acids is 2. The zero-order valence-corrected chi connectivity index (χ0v) is 22.3. The van der Waals surface area contributed by atoms with Crippen LogP contribution in [-0.4, -0.2) is 36.2 Å². The average molecular weight is 485 g/mol. The van der Waals surface area contributed by atoms with Crippen molar-refractivity contribution < 1.29 is 29.0 Å². The van der Waals surface area contributed by atoms with Crippen LogP contribution >= 0.6 is 0 Å². The van der Waals surface area contributed by atoms with Crippen LogP contribution in [0.15, 0.2) is 0 Å². The lowest BCUT2D eigenvalue weighted by molar-refractivity contribution is -0.163. The highest BCUT2D eigenvalue weighted by Crippen LogP contribution is 2.24. The van der Waals surface area contributed by atoms with Gasteiger partial charge in [-0.15, -0.1) is 0 Å². The van der Waals surface area contributed by atoms with Crippen molar-refractivity contribution in [2.45, 2.75) is 136 Å². The van der Waals surface area contributed by atoms with Crippen LogP contribution < -0.4 is 0 Å². The number of ether oxygens (including phenoxy) is 2. The van der Waals surface area contributed by atoms with Crippen LogP contribution in [-0.2, 0) is 23.9 Å². The topological polar surface area (TPSA) is 89.9 Å². The minimum absolute atomic E-state index is 0.271. The van der Waals surface area contributed by atoms with E-state index < -0.39 is 36.2 Å². The Morgan fingerprint density at radius 1 is 0.559 bits per heavy atom. The molecule has 0 aromatic carbocycles. The summed E-state index contributed by atoms with van der Waals surface area (Å²) in [6.45, 7) is 6.77. The van der Waals surface area contributed by atoms with E-state index in [2.05, 4.69) is 13.8 Å². The molecule has 6 nitrogen and oxygen atoms in total. The maximum absolute atomic E-state index is 12.6. The summed E-state index contributed by atoms with van der Waals surface area (Å²) in [4.78, 5) is 36.6. The predicted octanol–water partition coefficient (Wildman–Crippen LogP) is 7.47. The molecule has 0 heterocycles. The molecule has 6 heteroatoms. The van der Waals surface area contributed by atoms with Gasteiger partial charge in [-0.3, -0.25) is 14.4 Å². The molecular formula is C28H52O6. The molecule has 0 saturated carbocycles. The summed E-state index contributed by atoms with van der Waals surface area (Å²) in [5.41, 5.74) is 0. The number of carboxylic acid groups (broad SMARTS) is 1. The van der Waals surface area contributed by atoms with Gasteiger partial charge in [-0.25, -0.2) is 0 Å². The summed E-state index contributed by atoms with van der Waals surface area (Å²) in [5.74, 6) is -3.97. The Kier molecular flexibility index (Phi) is 22.1. The molecule has 0 bridgehead atoms. The summed E-state index contributed by atoms with van der Waals surface area (Å²) in [7, 11) is 0. The Morgan fingerprint density at radius 3 is 1.26 bits per heavy atom. The lowest BCUT2D eigenvalue weighted by Crippen LogP contribution is -2.34. The van der Waals surface area contributed by atoms with Gasteiger partial charge in [-0.1, -0.05) is 111 Å².